The van der Waals surface area contributed by atoms with Crippen LogP contribution in [0.5, 0.6) is 11.5 Å². The fourth-order valence-corrected chi connectivity index (χ4v) is 3.08. The summed E-state index contributed by atoms with van der Waals surface area (Å²) in [5, 5.41) is 17.8. The third kappa shape index (κ3) is 1.59. The lowest BCUT2D eigenvalue weighted by molar-refractivity contribution is 0.476. The fraction of sp³-hybridized carbons (Fsp3) is 0. The van der Waals surface area contributed by atoms with Crippen molar-refractivity contribution in [2.75, 3.05) is 0 Å². The van der Waals surface area contributed by atoms with Gasteiger partial charge >= 0.3 is 0 Å². The number of hydrogen-bond donors (Lipinski definition) is 2. The van der Waals surface area contributed by atoms with Gasteiger partial charge in [0, 0.05) is 16.2 Å². The summed E-state index contributed by atoms with van der Waals surface area (Å²) in [6.07, 6.45) is 0. The van der Waals surface area contributed by atoms with Crippen LogP contribution in [-0.4, -0.2) is 10.2 Å². The monoisotopic (exact) mass is 320 g/mol. The van der Waals surface area contributed by atoms with Crippen LogP contribution in [0.1, 0.15) is 0 Å². The standard InChI is InChI=1S/C18H8O6/c19-7-4-5-8-10(6-7)17(23)13-14(15(8)21)18(24)12-9(16(13)22)2-1-3-11(12)20/h1-6,19-20H. The van der Waals surface area contributed by atoms with Gasteiger partial charge in [-0.1, -0.05) is 12.1 Å². The van der Waals surface area contributed by atoms with Crippen molar-refractivity contribution in [2.24, 2.45) is 0 Å². The highest BCUT2D eigenvalue weighted by molar-refractivity contribution is 5.90. The Hall–Kier alpha value is -3.54. The summed E-state index contributed by atoms with van der Waals surface area (Å²) in [6, 6.07) is 7.46. The van der Waals surface area contributed by atoms with Crippen molar-refractivity contribution in [3.8, 4) is 11.5 Å². The van der Waals surface area contributed by atoms with Gasteiger partial charge in [-0.2, -0.15) is 0 Å². The molecule has 0 heterocycles. The molecule has 0 spiro atoms. The van der Waals surface area contributed by atoms with E-state index in [-0.39, 0.29) is 27.3 Å². The lowest BCUT2D eigenvalue weighted by atomic mass is 9.99. The van der Waals surface area contributed by atoms with Crippen LogP contribution < -0.4 is 21.7 Å². The third-order valence-electron chi connectivity index (χ3n) is 4.16. The molecular formula is C18H8O6. The molecule has 6 heteroatoms. The summed E-state index contributed by atoms with van der Waals surface area (Å²) in [4.78, 5) is 50.6. The van der Waals surface area contributed by atoms with Crippen LogP contribution in [-0.2, 0) is 0 Å². The number of benzene rings is 2. The molecule has 4 rings (SSSR count). The van der Waals surface area contributed by atoms with E-state index in [1.807, 2.05) is 0 Å². The first kappa shape index (κ1) is 14.1. The average Bonchev–Trinajstić information content (AvgIpc) is 2.55. The minimum absolute atomic E-state index is 0.0587. The molecule has 2 aliphatic rings. The Morgan fingerprint density at radius 3 is 2.00 bits per heavy atom. The minimum Gasteiger partial charge on any atom is -0.508 e. The van der Waals surface area contributed by atoms with Gasteiger partial charge in [0.1, 0.15) is 11.5 Å². The van der Waals surface area contributed by atoms with E-state index in [9.17, 15) is 29.4 Å². The maximum Gasteiger partial charge on any atom is 0.202 e. The molecule has 0 aromatic heterocycles. The van der Waals surface area contributed by atoms with E-state index in [0.29, 0.717) is 0 Å². The summed E-state index contributed by atoms with van der Waals surface area (Å²) in [5.41, 5.74) is -3.20. The Labute approximate surface area is 131 Å². The molecule has 0 saturated carbocycles. The van der Waals surface area contributed by atoms with Gasteiger partial charge in [0.05, 0.1) is 15.8 Å². The van der Waals surface area contributed by atoms with Gasteiger partial charge in [-0.15, -0.1) is 0 Å². The van der Waals surface area contributed by atoms with Crippen molar-refractivity contribution in [3.63, 3.8) is 0 Å². The van der Waals surface area contributed by atoms with Crippen molar-refractivity contribution in [1.82, 2.24) is 0 Å². The number of phenols is 2. The normalized spacial score (nSPS) is 11.5. The van der Waals surface area contributed by atoms with Crippen molar-refractivity contribution >= 4 is 21.5 Å². The Balaban J connectivity index is 2.59. The Kier molecular flexibility index (Phi) is 2.63. The highest BCUT2D eigenvalue weighted by Gasteiger charge is 2.18. The number of fused-ring (bicyclic) bond motifs is 2. The zero-order valence-corrected chi connectivity index (χ0v) is 12.0. The topological polar surface area (TPSA) is 109 Å². The van der Waals surface area contributed by atoms with Crippen molar-refractivity contribution in [2.45, 2.75) is 0 Å². The number of rotatable bonds is 0. The predicted molar refractivity (Wildman–Crippen MR) is 87.5 cm³/mol. The molecule has 24 heavy (non-hydrogen) atoms. The molecule has 0 radical (unpaired) electrons. The minimum atomic E-state index is -0.852. The number of phenolic OH excluding ortho intramolecular Hbond substituents is 2. The van der Waals surface area contributed by atoms with Crippen molar-refractivity contribution in [1.29, 1.82) is 0 Å². The first-order chi connectivity index (χ1) is 11.4. The summed E-state index contributed by atoms with van der Waals surface area (Å²) < 4.78 is 0. The van der Waals surface area contributed by atoms with Crippen LogP contribution in [0.25, 0.3) is 21.5 Å². The van der Waals surface area contributed by atoms with Crippen LogP contribution >= 0.6 is 0 Å². The molecule has 0 bridgehead atoms. The van der Waals surface area contributed by atoms with E-state index >= 15 is 0 Å². The van der Waals surface area contributed by atoms with Crippen molar-refractivity contribution in [3.05, 3.63) is 87.7 Å². The predicted octanol–water partition coefficient (Wildman–Crippen LogP) is 0.445. The Morgan fingerprint density at radius 2 is 1.25 bits per heavy atom. The molecule has 0 amide bonds. The number of aromatic hydroxyl groups is 2. The summed E-state index contributed by atoms with van der Waals surface area (Å²) >= 11 is 0. The van der Waals surface area contributed by atoms with Gasteiger partial charge in [0.25, 0.3) is 0 Å². The smallest absolute Gasteiger partial charge is 0.202 e. The maximum atomic E-state index is 12.7. The Bertz CT molecular complexity index is 1440. The van der Waals surface area contributed by atoms with Crippen LogP contribution in [0.4, 0.5) is 0 Å². The zero-order chi connectivity index (χ0) is 17.2. The van der Waals surface area contributed by atoms with Gasteiger partial charge in [-0.25, -0.2) is 0 Å². The lowest BCUT2D eigenvalue weighted by Crippen LogP contribution is -2.29. The van der Waals surface area contributed by atoms with Crippen LogP contribution in [0, 0.1) is 10.4 Å². The molecular weight excluding hydrogens is 312 g/mol. The molecule has 2 aromatic rings. The molecule has 6 nitrogen and oxygen atoms in total. The fourth-order valence-electron chi connectivity index (χ4n) is 3.08. The molecule has 0 fully saturated rings. The Morgan fingerprint density at radius 1 is 0.625 bits per heavy atom. The van der Waals surface area contributed by atoms with Crippen LogP contribution in [0.3, 0.4) is 0 Å². The second kappa shape index (κ2) is 4.48. The van der Waals surface area contributed by atoms with Gasteiger partial charge in [-0.05, 0) is 24.3 Å². The molecule has 2 N–H and O–H groups in total. The highest BCUT2D eigenvalue weighted by atomic mass is 16.3. The summed E-state index contributed by atoms with van der Waals surface area (Å²) in [6.45, 7) is 0. The van der Waals surface area contributed by atoms with Crippen molar-refractivity contribution < 1.29 is 10.2 Å². The highest BCUT2D eigenvalue weighted by Crippen LogP contribution is 2.19. The van der Waals surface area contributed by atoms with E-state index in [4.69, 9.17) is 0 Å². The van der Waals surface area contributed by atoms with E-state index in [1.54, 1.807) is 0 Å². The lowest BCUT2D eigenvalue weighted by Gasteiger charge is -2.02. The SMILES string of the molecule is O=c1c2c(=O)c3cccc(O)c3c(=O)c=2c(=O)c2ccc(O)cc12. The van der Waals surface area contributed by atoms with Gasteiger partial charge in [-0.3, -0.25) is 19.2 Å². The average molecular weight is 320 g/mol. The second-order valence-corrected chi connectivity index (χ2v) is 5.50. The maximum absolute atomic E-state index is 12.7. The molecule has 0 atom stereocenters. The largest absolute Gasteiger partial charge is 0.508 e. The molecule has 0 saturated heterocycles. The van der Waals surface area contributed by atoms with E-state index in [1.165, 1.54) is 30.3 Å². The molecule has 2 aromatic carbocycles. The number of hydrogen-bond acceptors (Lipinski definition) is 6. The summed E-state index contributed by atoms with van der Waals surface area (Å²) in [5.74, 6) is -0.652. The van der Waals surface area contributed by atoms with Gasteiger partial charge in [0.2, 0.25) is 5.43 Å². The summed E-state index contributed by atoms with van der Waals surface area (Å²) in [7, 11) is 0. The molecule has 2 aliphatic carbocycles. The molecule has 0 unspecified atom stereocenters. The third-order valence-corrected chi connectivity index (χ3v) is 4.16. The van der Waals surface area contributed by atoms with Crippen LogP contribution in [0.15, 0.2) is 55.6 Å². The molecule has 0 aliphatic heterocycles. The first-order valence-electron chi connectivity index (χ1n) is 7.00. The van der Waals surface area contributed by atoms with Gasteiger partial charge < -0.3 is 10.2 Å². The van der Waals surface area contributed by atoms with E-state index in [2.05, 4.69) is 0 Å². The van der Waals surface area contributed by atoms with Gasteiger partial charge in [0.15, 0.2) is 16.3 Å². The van der Waals surface area contributed by atoms with E-state index < -0.39 is 37.9 Å². The van der Waals surface area contributed by atoms with E-state index in [0.717, 1.165) is 6.07 Å². The molecule has 116 valence electrons. The quantitative estimate of drug-likeness (QED) is 0.487. The van der Waals surface area contributed by atoms with Crippen LogP contribution in [0.2, 0.25) is 0 Å². The zero-order valence-electron chi connectivity index (χ0n) is 12.0. The second-order valence-electron chi connectivity index (χ2n) is 5.50. The first-order valence-corrected chi connectivity index (χ1v) is 7.00.